The number of nitrogens with zero attached hydrogens (tertiary/aromatic N) is 4. The number of rotatable bonds is 5. The Morgan fingerprint density at radius 3 is 2.18 bits per heavy atom. The van der Waals surface area contributed by atoms with Crippen LogP contribution >= 0.6 is 0 Å². The zero-order chi connectivity index (χ0) is 33.7. The molecule has 5 nitrogen and oxygen atoms in total. The standard InChI is InChI=1S/C45H34N4O.Pd/c1-27(2)45(28(3)4)37-16-10-15-35-34-22-20-31(25-41(34)49(42(35)37)44-38(45)17-11-23-46-44)50-30-19-21-32-33-14-8-9-18-40(33)48-26-39(29-12-6-5-7-13-29)47-43(48)36(32)24-30;/h5-23,26-28H,1-4H3;/q-2;+2. The smallest absolute Gasteiger partial charge is 0.503 e. The van der Waals surface area contributed by atoms with Gasteiger partial charge in [-0.2, -0.15) is 6.07 Å². The van der Waals surface area contributed by atoms with Gasteiger partial charge in [-0.1, -0.05) is 123 Å². The maximum Gasteiger partial charge on any atom is 2.00 e. The summed E-state index contributed by atoms with van der Waals surface area (Å²) in [6.45, 7) is 9.37. The predicted octanol–water partition coefficient (Wildman–Crippen LogP) is 11.1. The van der Waals surface area contributed by atoms with Gasteiger partial charge in [0.2, 0.25) is 0 Å². The number of benzene rings is 5. The summed E-state index contributed by atoms with van der Waals surface area (Å²) in [7, 11) is 0. The molecule has 5 aromatic carbocycles. The molecule has 0 saturated heterocycles. The molecule has 0 N–H and O–H groups in total. The summed E-state index contributed by atoms with van der Waals surface area (Å²) in [5.41, 5.74) is 8.55. The molecule has 10 rings (SSSR count). The molecule has 9 aromatic rings. The van der Waals surface area contributed by atoms with Crippen molar-refractivity contribution in [1.29, 1.82) is 0 Å². The van der Waals surface area contributed by atoms with Crippen LogP contribution in [0, 0.1) is 24.0 Å². The maximum absolute atomic E-state index is 6.61. The average molecular weight is 753 g/mol. The largest absolute Gasteiger partial charge is 2.00 e. The molecule has 51 heavy (non-hydrogen) atoms. The third kappa shape index (κ3) is 4.37. The number of aromatic nitrogens is 4. The molecule has 0 radical (unpaired) electrons. The molecule has 6 heteroatoms. The Morgan fingerprint density at radius 1 is 0.667 bits per heavy atom. The first-order valence-electron chi connectivity index (χ1n) is 17.4. The van der Waals surface area contributed by atoms with Crippen molar-refractivity contribution < 1.29 is 25.2 Å². The van der Waals surface area contributed by atoms with Gasteiger partial charge in [-0.05, 0) is 40.3 Å². The van der Waals surface area contributed by atoms with Crippen molar-refractivity contribution in [3.63, 3.8) is 0 Å². The topological polar surface area (TPSA) is 44.4 Å². The predicted molar refractivity (Wildman–Crippen MR) is 202 cm³/mol. The summed E-state index contributed by atoms with van der Waals surface area (Å²) >= 11 is 0. The molecule has 4 aromatic heterocycles. The van der Waals surface area contributed by atoms with E-state index in [1.165, 1.54) is 22.0 Å². The van der Waals surface area contributed by atoms with E-state index in [1.54, 1.807) is 0 Å². The van der Waals surface area contributed by atoms with E-state index < -0.39 is 0 Å². The van der Waals surface area contributed by atoms with Crippen molar-refractivity contribution in [3.8, 4) is 28.6 Å². The molecular formula is C45H34N4OPd. The molecule has 0 fully saturated rings. The fourth-order valence-corrected chi connectivity index (χ4v) is 8.98. The first kappa shape index (κ1) is 31.7. The molecular weight excluding hydrogens is 719 g/mol. The van der Waals surface area contributed by atoms with Gasteiger partial charge in [0, 0.05) is 51.5 Å². The number of imidazole rings is 1. The van der Waals surface area contributed by atoms with Crippen LogP contribution in [0.3, 0.4) is 0 Å². The number of ether oxygens (including phenoxy) is 1. The van der Waals surface area contributed by atoms with Crippen LogP contribution in [0.1, 0.15) is 38.8 Å². The molecule has 1 aliphatic rings. The number of hydrogen-bond acceptors (Lipinski definition) is 3. The van der Waals surface area contributed by atoms with Crippen molar-refractivity contribution >= 4 is 49.1 Å². The molecule has 1 aliphatic heterocycles. The number of fused-ring (bicyclic) bond motifs is 11. The van der Waals surface area contributed by atoms with Crippen molar-refractivity contribution in [2.24, 2.45) is 11.8 Å². The van der Waals surface area contributed by atoms with Gasteiger partial charge < -0.3 is 13.7 Å². The van der Waals surface area contributed by atoms with E-state index in [2.05, 4.69) is 134 Å². The van der Waals surface area contributed by atoms with Crippen LogP contribution in [0.15, 0.2) is 122 Å². The van der Waals surface area contributed by atoms with Crippen LogP contribution in [-0.4, -0.2) is 18.9 Å². The van der Waals surface area contributed by atoms with Crippen molar-refractivity contribution in [2.45, 2.75) is 33.1 Å². The van der Waals surface area contributed by atoms with Gasteiger partial charge in [0.05, 0.1) is 11.3 Å². The Morgan fingerprint density at radius 2 is 1.37 bits per heavy atom. The fourth-order valence-electron chi connectivity index (χ4n) is 8.98. The monoisotopic (exact) mass is 752 g/mol. The van der Waals surface area contributed by atoms with Crippen molar-refractivity contribution in [2.75, 3.05) is 0 Å². The molecule has 0 amide bonds. The summed E-state index contributed by atoms with van der Waals surface area (Å²) in [4.78, 5) is 10.2. The van der Waals surface area contributed by atoms with E-state index in [9.17, 15) is 0 Å². The van der Waals surface area contributed by atoms with Crippen LogP contribution in [0.2, 0.25) is 0 Å². The molecule has 0 atom stereocenters. The maximum atomic E-state index is 6.61. The van der Waals surface area contributed by atoms with Gasteiger partial charge in [-0.25, -0.2) is 4.98 Å². The van der Waals surface area contributed by atoms with Crippen LogP contribution in [-0.2, 0) is 25.8 Å². The first-order chi connectivity index (χ1) is 24.4. The second-order valence-corrected chi connectivity index (χ2v) is 14.1. The van der Waals surface area contributed by atoms with Crippen molar-refractivity contribution in [3.05, 3.63) is 145 Å². The summed E-state index contributed by atoms with van der Waals surface area (Å²) < 4.78 is 11.1. The molecule has 0 saturated carbocycles. The van der Waals surface area contributed by atoms with E-state index in [-0.39, 0.29) is 25.8 Å². The van der Waals surface area contributed by atoms with Gasteiger partial charge in [0.15, 0.2) is 0 Å². The second kappa shape index (κ2) is 11.6. The van der Waals surface area contributed by atoms with Gasteiger partial charge in [-0.3, -0.25) is 4.98 Å². The number of pyridine rings is 2. The number of hydrogen-bond donors (Lipinski definition) is 0. The van der Waals surface area contributed by atoms with Gasteiger partial charge in [0.25, 0.3) is 0 Å². The van der Waals surface area contributed by atoms with E-state index in [4.69, 9.17) is 14.7 Å². The fraction of sp³-hybridized carbons (Fsp3) is 0.156. The molecule has 0 unspecified atom stereocenters. The van der Waals surface area contributed by atoms with E-state index in [1.807, 2.05) is 36.5 Å². The Labute approximate surface area is 310 Å². The molecule has 0 bridgehead atoms. The Balaban J connectivity index is 0.00000348. The summed E-state index contributed by atoms with van der Waals surface area (Å²) in [6.07, 6.45) is 4.02. The van der Waals surface area contributed by atoms with Crippen molar-refractivity contribution in [1.82, 2.24) is 18.9 Å². The average Bonchev–Trinajstić information content (AvgIpc) is 3.74. The minimum Gasteiger partial charge on any atom is -0.503 e. The van der Waals surface area contributed by atoms with Crippen LogP contribution in [0.4, 0.5) is 0 Å². The van der Waals surface area contributed by atoms with Crippen LogP contribution in [0.5, 0.6) is 11.5 Å². The van der Waals surface area contributed by atoms with Gasteiger partial charge in [-0.15, -0.1) is 29.7 Å². The molecule has 250 valence electrons. The molecule has 5 heterocycles. The van der Waals surface area contributed by atoms with E-state index in [0.29, 0.717) is 23.3 Å². The molecule has 0 aliphatic carbocycles. The Bertz CT molecular complexity index is 2800. The van der Waals surface area contributed by atoms with Gasteiger partial charge >= 0.3 is 20.4 Å². The minimum atomic E-state index is -0.171. The van der Waals surface area contributed by atoms with E-state index in [0.717, 1.165) is 55.3 Å². The SMILES string of the molecule is CC(C)C1(C(C)C)c2cccnc2-n2c3[c-]c(Oc4[c-]c5c(cc4)c4ccccc4n4cc(-c6ccccc6)nc54)ccc3c3cccc1c32.[Pd+2]. The van der Waals surface area contributed by atoms with Crippen LogP contribution < -0.4 is 4.74 Å². The van der Waals surface area contributed by atoms with Crippen LogP contribution in [0.25, 0.3) is 66.2 Å². The summed E-state index contributed by atoms with van der Waals surface area (Å²) in [6, 6.07) is 45.4. The number of para-hydroxylation sites is 2. The Hall–Kier alpha value is -5.28. The van der Waals surface area contributed by atoms with E-state index >= 15 is 0 Å². The quantitative estimate of drug-likeness (QED) is 0.0999. The summed E-state index contributed by atoms with van der Waals surface area (Å²) in [5.74, 6) is 2.96. The third-order valence-corrected chi connectivity index (χ3v) is 11.0. The Kier molecular flexibility index (Phi) is 7.23. The first-order valence-corrected chi connectivity index (χ1v) is 17.4. The minimum absolute atomic E-state index is 0. The summed E-state index contributed by atoms with van der Waals surface area (Å²) in [5, 5.41) is 5.48. The second-order valence-electron chi connectivity index (χ2n) is 14.1. The van der Waals surface area contributed by atoms with Gasteiger partial charge in [0.1, 0.15) is 5.82 Å². The normalized spacial score (nSPS) is 13.5. The third-order valence-electron chi connectivity index (χ3n) is 11.0. The molecule has 0 spiro atoms. The zero-order valence-electron chi connectivity index (χ0n) is 28.7. The zero-order valence-corrected chi connectivity index (χ0v) is 30.3.